The van der Waals surface area contributed by atoms with E-state index in [0.717, 1.165) is 10.6 Å². The number of aryl methyl sites for hydroxylation is 3. The third-order valence-corrected chi connectivity index (χ3v) is 3.46. The molecule has 2 heterocycles. The van der Waals surface area contributed by atoms with E-state index in [0.29, 0.717) is 5.13 Å². The van der Waals surface area contributed by atoms with Crippen molar-refractivity contribution in [1.82, 2.24) is 14.8 Å². The molecule has 100 valence electrons. The molecule has 0 radical (unpaired) electrons. The molecule has 0 saturated heterocycles. The van der Waals surface area contributed by atoms with Crippen LogP contribution in [-0.4, -0.2) is 25.6 Å². The Balaban J connectivity index is 2.27. The molecule has 9 heteroatoms. The molecule has 0 aliphatic heterocycles. The van der Waals surface area contributed by atoms with Crippen LogP contribution >= 0.6 is 11.3 Å². The van der Waals surface area contributed by atoms with Crippen LogP contribution in [0.25, 0.3) is 0 Å². The number of amides is 1. The van der Waals surface area contributed by atoms with E-state index >= 15 is 0 Å². The summed E-state index contributed by atoms with van der Waals surface area (Å²) in [7, 11) is 1.52. The van der Waals surface area contributed by atoms with Crippen molar-refractivity contribution in [2.75, 3.05) is 5.32 Å². The van der Waals surface area contributed by atoms with Gasteiger partial charge in [-0.05, 0) is 13.8 Å². The normalized spacial score (nSPS) is 10.5. The number of hydrogen-bond donors (Lipinski definition) is 1. The van der Waals surface area contributed by atoms with Gasteiger partial charge in [0.05, 0.1) is 10.6 Å². The summed E-state index contributed by atoms with van der Waals surface area (Å²) in [5.74, 6) is -0.638. The van der Waals surface area contributed by atoms with Crippen LogP contribution in [0.1, 0.15) is 21.1 Å². The van der Waals surface area contributed by atoms with E-state index in [2.05, 4.69) is 15.4 Å². The highest BCUT2D eigenvalue weighted by Gasteiger charge is 2.25. The molecule has 1 amide bonds. The summed E-state index contributed by atoms with van der Waals surface area (Å²) in [5, 5.41) is 17.5. The number of rotatable bonds is 3. The number of anilines is 1. The number of nitrogens with zero attached hydrogens (tertiary/aromatic N) is 4. The van der Waals surface area contributed by atoms with Gasteiger partial charge in [-0.15, -0.1) is 11.3 Å². The SMILES string of the molecule is Cc1nc(NC(=O)c2nn(C)cc2[N+](=O)[O-])sc1C. The topological polar surface area (TPSA) is 103 Å². The number of nitrogens with one attached hydrogen (secondary N) is 1. The molecular weight excluding hydrogens is 270 g/mol. The highest BCUT2D eigenvalue weighted by molar-refractivity contribution is 7.15. The third-order valence-electron chi connectivity index (χ3n) is 2.47. The molecule has 1 N–H and O–H groups in total. The van der Waals surface area contributed by atoms with Gasteiger partial charge in [0.2, 0.25) is 5.69 Å². The van der Waals surface area contributed by atoms with Crippen LogP contribution in [0.5, 0.6) is 0 Å². The Morgan fingerprint density at radius 1 is 1.53 bits per heavy atom. The minimum Gasteiger partial charge on any atom is -0.296 e. The van der Waals surface area contributed by atoms with Gasteiger partial charge in [0.1, 0.15) is 6.20 Å². The fourth-order valence-corrected chi connectivity index (χ4v) is 2.26. The smallest absolute Gasteiger partial charge is 0.296 e. The van der Waals surface area contributed by atoms with E-state index in [4.69, 9.17) is 0 Å². The first-order valence-electron chi connectivity index (χ1n) is 5.32. The minimum absolute atomic E-state index is 0.224. The molecule has 0 aliphatic rings. The average molecular weight is 281 g/mol. The molecule has 2 aromatic heterocycles. The van der Waals surface area contributed by atoms with E-state index in [1.54, 1.807) is 0 Å². The Morgan fingerprint density at radius 2 is 2.21 bits per heavy atom. The number of aromatic nitrogens is 3. The Kier molecular flexibility index (Phi) is 3.30. The average Bonchev–Trinajstić information content (AvgIpc) is 2.83. The zero-order valence-corrected chi connectivity index (χ0v) is 11.3. The van der Waals surface area contributed by atoms with Crippen molar-refractivity contribution >= 4 is 28.1 Å². The monoisotopic (exact) mass is 281 g/mol. The van der Waals surface area contributed by atoms with Gasteiger partial charge in [0.15, 0.2) is 5.13 Å². The number of hydrogen-bond acceptors (Lipinski definition) is 6. The molecular formula is C10H11N5O3S. The van der Waals surface area contributed by atoms with E-state index < -0.39 is 10.8 Å². The molecule has 0 saturated carbocycles. The number of carbonyl (C=O) groups excluding carboxylic acids is 1. The van der Waals surface area contributed by atoms with Gasteiger partial charge in [-0.25, -0.2) is 4.98 Å². The van der Waals surface area contributed by atoms with Crippen LogP contribution in [0.4, 0.5) is 10.8 Å². The summed E-state index contributed by atoms with van der Waals surface area (Å²) in [4.78, 5) is 27.2. The summed E-state index contributed by atoms with van der Waals surface area (Å²) >= 11 is 1.31. The summed E-state index contributed by atoms with van der Waals surface area (Å²) < 4.78 is 1.23. The Labute approximate surface area is 112 Å². The standard InChI is InChI=1S/C10H11N5O3S/c1-5-6(2)19-10(11-5)12-9(16)8-7(15(17)18)4-14(3)13-8/h4H,1-3H3,(H,11,12,16). The van der Waals surface area contributed by atoms with Crippen molar-refractivity contribution in [1.29, 1.82) is 0 Å². The van der Waals surface area contributed by atoms with Crippen LogP contribution in [0, 0.1) is 24.0 Å². The second-order valence-electron chi connectivity index (χ2n) is 3.91. The van der Waals surface area contributed by atoms with Crippen molar-refractivity contribution in [3.05, 3.63) is 32.6 Å². The van der Waals surface area contributed by atoms with Gasteiger partial charge in [-0.1, -0.05) is 0 Å². The number of carbonyl (C=O) groups is 1. The van der Waals surface area contributed by atoms with Crippen molar-refractivity contribution in [2.45, 2.75) is 13.8 Å². The highest BCUT2D eigenvalue weighted by atomic mass is 32.1. The van der Waals surface area contributed by atoms with Gasteiger partial charge >= 0.3 is 5.69 Å². The lowest BCUT2D eigenvalue weighted by atomic mass is 10.3. The third kappa shape index (κ3) is 2.60. The molecule has 2 aromatic rings. The molecule has 0 spiro atoms. The molecule has 0 unspecified atom stereocenters. The fourth-order valence-electron chi connectivity index (χ4n) is 1.45. The van der Waals surface area contributed by atoms with Crippen LogP contribution in [-0.2, 0) is 7.05 Å². The molecule has 2 rings (SSSR count). The van der Waals surface area contributed by atoms with E-state index in [1.807, 2.05) is 13.8 Å². The Bertz CT molecular complexity index is 641. The first-order valence-corrected chi connectivity index (χ1v) is 6.13. The zero-order chi connectivity index (χ0) is 14.2. The second kappa shape index (κ2) is 4.76. The molecule has 0 aromatic carbocycles. The van der Waals surface area contributed by atoms with Crippen LogP contribution in [0.3, 0.4) is 0 Å². The predicted molar refractivity (Wildman–Crippen MR) is 69.4 cm³/mol. The van der Waals surface area contributed by atoms with Crippen molar-refractivity contribution in [2.24, 2.45) is 7.05 Å². The number of nitro groups is 1. The van der Waals surface area contributed by atoms with Crippen LogP contribution < -0.4 is 5.32 Å². The predicted octanol–water partition coefficient (Wildman–Crippen LogP) is 1.65. The Morgan fingerprint density at radius 3 is 2.74 bits per heavy atom. The molecule has 0 aliphatic carbocycles. The quantitative estimate of drug-likeness (QED) is 0.680. The lowest BCUT2D eigenvalue weighted by molar-refractivity contribution is -0.385. The van der Waals surface area contributed by atoms with Gasteiger partial charge in [-0.3, -0.25) is 24.9 Å². The van der Waals surface area contributed by atoms with Gasteiger partial charge in [0, 0.05) is 11.9 Å². The summed E-state index contributed by atoms with van der Waals surface area (Å²) in [6.45, 7) is 3.70. The van der Waals surface area contributed by atoms with E-state index in [-0.39, 0.29) is 11.4 Å². The van der Waals surface area contributed by atoms with Crippen molar-refractivity contribution in [3.8, 4) is 0 Å². The lowest BCUT2D eigenvalue weighted by Crippen LogP contribution is -2.14. The minimum atomic E-state index is -0.639. The maximum atomic E-state index is 11.9. The first kappa shape index (κ1) is 13.1. The maximum Gasteiger partial charge on any atom is 0.320 e. The summed E-state index contributed by atoms with van der Waals surface area (Å²) in [6, 6.07) is 0. The summed E-state index contributed by atoms with van der Waals surface area (Å²) in [6.07, 6.45) is 1.19. The van der Waals surface area contributed by atoms with Crippen LogP contribution in [0.15, 0.2) is 6.20 Å². The molecule has 8 nitrogen and oxygen atoms in total. The fraction of sp³-hybridized carbons (Fsp3) is 0.300. The van der Waals surface area contributed by atoms with Crippen molar-refractivity contribution < 1.29 is 9.72 Å². The number of thiazole rings is 1. The summed E-state index contributed by atoms with van der Waals surface area (Å²) in [5.41, 5.74) is 0.263. The lowest BCUT2D eigenvalue weighted by Gasteiger charge is -1.97. The van der Waals surface area contributed by atoms with Gasteiger partial charge < -0.3 is 0 Å². The van der Waals surface area contributed by atoms with E-state index in [9.17, 15) is 14.9 Å². The van der Waals surface area contributed by atoms with E-state index in [1.165, 1.54) is 29.3 Å². The van der Waals surface area contributed by atoms with Gasteiger partial charge in [-0.2, -0.15) is 5.10 Å². The molecule has 19 heavy (non-hydrogen) atoms. The molecule has 0 fully saturated rings. The van der Waals surface area contributed by atoms with Gasteiger partial charge in [0.25, 0.3) is 5.91 Å². The van der Waals surface area contributed by atoms with Crippen LogP contribution in [0.2, 0.25) is 0 Å². The van der Waals surface area contributed by atoms with Crippen molar-refractivity contribution in [3.63, 3.8) is 0 Å². The molecule has 0 atom stereocenters. The zero-order valence-electron chi connectivity index (χ0n) is 10.5. The largest absolute Gasteiger partial charge is 0.320 e. The highest BCUT2D eigenvalue weighted by Crippen LogP contribution is 2.23. The molecule has 0 bridgehead atoms. The maximum absolute atomic E-state index is 11.9. The second-order valence-corrected chi connectivity index (χ2v) is 5.11. The first-order chi connectivity index (χ1) is 8.88. The Hall–Kier alpha value is -2.29.